The summed E-state index contributed by atoms with van der Waals surface area (Å²) in [4.78, 5) is 1.16. The third-order valence-electron chi connectivity index (χ3n) is 4.08. The fourth-order valence-corrected chi connectivity index (χ4v) is 4.15. The Labute approximate surface area is 112 Å². The Morgan fingerprint density at radius 1 is 1.06 bits per heavy atom. The van der Waals surface area contributed by atoms with Crippen LogP contribution in [-0.2, 0) is 0 Å². The van der Waals surface area contributed by atoms with Crippen molar-refractivity contribution in [2.24, 2.45) is 5.92 Å². The van der Waals surface area contributed by atoms with Crippen LogP contribution in [-0.4, -0.2) is 5.11 Å². The summed E-state index contributed by atoms with van der Waals surface area (Å²) in [5.41, 5.74) is 0. The van der Waals surface area contributed by atoms with Crippen molar-refractivity contribution in [3.63, 3.8) is 0 Å². The number of hydrogen-bond donors (Lipinski definition) is 1. The molecule has 1 N–H and O–H groups in total. The normalized spacial score (nSPS) is 19.8. The van der Waals surface area contributed by atoms with Crippen LogP contribution >= 0.6 is 11.3 Å². The van der Waals surface area contributed by atoms with Crippen LogP contribution < -0.4 is 0 Å². The van der Waals surface area contributed by atoms with Gasteiger partial charge in [0.05, 0.1) is 6.10 Å². The fourth-order valence-electron chi connectivity index (χ4n) is 3.01. The van der Waals surface area contributed by atoms with Gasteiger partial charge in [0.1, 0.15) is 0 Å². The molecule has 0 aliphatic heterocycles. The minimum atomic E-state index is -0.250. The third-order valence-corrected chi connectivity index (χ3v) is 5.27. The van der Waals surface area contributed by atoms with Crippen LogP contribution in [0.15, 0.2) is 30.3 Å². The zero-order valence-electron chi connectivity index (χ0n) is 10.6. The molecule has 0 spiro atoms. The van der Waals surface area contributed by atoms with Gasteiger partial charge in [0.2, 0.25) is 0 Å². The van der Waals surface area contributed by atoms with E-state index in [9.17, 15) is 5.11 Å². The molecule has 18 heavy (non-hydrogen) atoms. The molecule has 1 fully saturated rings. The Kier molecular flexibility index (Phi) is 3.67. The van der Waals surface area contributed by atoms with Crippen molar-refractivity contribution < 1.29 is 5.11 Å². The number of aliphatic hydroxyl groups excluding tert-OH is 1. The molecule has 96 valence electrons. The van der Waals surface area contributed by atoms with Gasteiger partial charge in [0.15, 0.2) is 0 Å². The highest BCUT2D eigenvalue weighted by Gasteiger charge is 2.23. The predicted molar refractivity (Wildman–Crippen MR) is 78.0 cm³/mol. The average molecular weight is 260 g/mol. The lowest BCUT2D eigenvalue weighted by Gasteiger charge is -2.19. The molecule has 1 aliphatic rings. The Bertz CT molecular complexity index is 476. The van der Waals surface area contributed by atoms with E-state index in [2.05, 4.69) is 30.3 Å². The van der Waals surface area contributed by atoms with Gasteiger partial charge in [-0.05, 0) is 36.3 Å². The summed E-state index contributed by atoms with van der Waals surface area (Å²) in [6.07, 6.45) is 7.38. The fraction of sp³-hybridized carbons (Fsp3) is 0.500. The smallest absolute Gasteiger partial charge is 0.0910 e. The highest BCUT2D eigenvalue weighted by molar-refractivity contribution is 7.19. The number of hydrogen-bond acceptors (Lipinski definition) is 2. The Balaban J connectivity index is 1.83. The molecule has 1 unspecified atom stereocenters. The molecule has 1 aromatic carbocycles. The van der Waals surface area contributed by atoms with Crippen LogP contribution in [0.25, 0.3) is 10.1 Å². The maximum absolute atomic E-state index is 10.6. The lowest BCUT2D eigenvalue weighted by Crippen LogP contribution is -2.10. The molecule has 1 heterocycles. The second-order valence-corrected chi connectivity index (χ2v) is 6.50. The molecular weight excluding hydrogens is 240 g/mol. The first kappa shape index (κ1) is 12.2. The maximum atomic E-state index is 10.6. The summed E-state index contributed by atoms with van der Waals surface area (Å²) in [6.45, 7) is 0. The number of thiophene rings is 1. The Hall–Kier alpha value is -0.860. The van der Waals surface area contributed by atoms with E-state index in [4.69, 9.17) is 0 Å². The van der Waals surface area contributed by atoms with E-state index >= 15 is 0 Å². The molecule has 1 aromatic heterocycles. The highest BCUT2D eigenvalue weighted by atomic mass is 32.1. The maximum Gasteiger partial charge on any atom is 0.0910 e. The minimum Gasteiger partial charge on any atom is -0.387 e. The zero-order valence-corrected chi connectivity index (χ0v) is 11.5. The van der Waals surface area contributed by atoms with Gasteiger partial charge in [-0.25, -0.2) is 0 Å². The molecule has 1 aliphatic carbocycles. The quantitative estimate of drug-likeness (QED) is 0.761. The summed E-state index contributed by atoms with van der Waals surface area (Å²) >= 11 is 1.76. The highest BCUT2D eigenvalue weighted by Crippen LogP contribution is 2.38. The van der Waals surface area contributed by atoms with Crippen molar-refractivity contribution in [1.29, 1.82) is 0 Å². The standard InChI is InChI=1S/C16H20OS/c17-16(12-7-3-1-2-4-8-12)15-11-13-9-5-6-10-14(13)18-15/h5-6,9-12,16-17H,1-4,7-8H2. The van der Waals surface area contributed by atoms with Gasteiger partial charge in [-0.3, -0.25) is 0 Å². The molecule has 0 amide bonds. The Morgan fingerprint density at radius 2 is 1.78 bits per heavy atom. The Morgan fingerprint density at radius 3 is 2.50 bits per heavy atom. The van der Waals surface area contributed by atoms with Gasteiger partial charge < -0.3 is 5.11 Å². The minimum absolute atomic E-state index is 0.250. The second-order valence-electron chi connectivity index (χ2n) is 5.38. The van der Waals surface area contributed by atoms with Crippen LogP contribution in [0.3, 0.4) is 0 Å². The van der Waals surface area contributed by atoms with Crippen molar-refractivity contribution in [3.8, 4) is 0 Å². The van der Waals surface area contributed by atoms with E-state index < -0.39 is 0 Å². The van der Waals surface area contributed by atoms with Gasteiger partial charge >= 0.3 is 0 Å². The topological polar surface area (TPSA) is 20.2 Å². The summed E-state index contributed by atoms with van der Waals surface area (Å²) < 4.78 is 1.29. The van der Waals surface area contributed by atoms with E-state index in [-0.39, 0.29) is 6.10 Å². The van der Waals surface area contributed by atoms with Crippen LogP contribution in [0.4, 0.5) is 0 Å². The van der Waals surface area contributed by atoms with Gasteiger partial charge in [-0.2, -0.15) is 0 Å². The van der Waals surface area contributed by atoms with Crippen molar-refractivity contribution in [3.05, 3.63) is 35.2 Å². The van der Waals surface area contributed by atoms with Crippen molar-refractivity contribution in [1.82, 2.24) is 0 Å². The molecular formula is C16H20OS. The third kappa shape index (κ3) is 2.45. The largest absolute Gasteiger partial charge is 0.387 e. The lowest BCUT2D eigenvalue weighted by atomic mass is 9.93. The summed E-state index contributed by atoms with van der Waals surface area (Å²) in [6, 6.07) is 10.6. The summed E-state index contributed by atoms with van der Waals surface area (Å²) in [5, 5.41) is 11.9. The predicted octanol–water partition coefficient (Wildman–Crippen LogP) is 4.91. The first-order chi connectivity index (χ1) is 8.84. The molecule has 1 nitrogen and oxygen atoms in total. The van der Waals surface area contributed by atoms with Gasteiger partial charge in [0, 0.05) is 9.58 Å². The summed E-state index contributed by atoms with van der Waals surface area (Å²) in [7, 11) is 0. The molecule has 1 atom stereocenters. The van der Waals surface area contributed by atoms with E-state index in [1.807, 2.05) is 0 Å². The number of rotatable bonds is 2. The first-order valence-corrected chi connectivity index (χ1v) is 7.83. The van der Waals surface area contributed by atoms with Gasteiger partial charge in [-0.1, -0.05) is 43.9 Å². The van der Waals surface area contributed by atoms with E-state index in [1.54, 1.807) is 11.3 Å². The van der Waals surface area contributed by atoms with Gasteiger partial charge in [0.25, 0.3) is 0 Å². The molecule has 0 saturated heterocycles. The van der Waals surface area contributed by atoms with Crippen LogP contribution in [0.5, 0.6) is 0 Å². The van der Waals surface area contributed by atoms with Crippen molar-refractivity contribution in [2.45, 2.75) is 44.6 Å². The number of benzene rings is 1. The van der Waals surface area contributed by atoms with Gasteiger partial charge in [-0.15, -0.1) is 11.3 Å². The second kappa shape index (κ2) is 5.41. The summed E-state index contributed by atoms with van der Waals surface area (Å²) in [5.74, 6) is 0.473. The molecule has 1 saturated carbocycles. The molecule has 3 rings (SSSR count). The lowest BCUT2D eigenvalue weighted by molar-refractivity contribution is 0.102. The molecule has 0 radical (unpaired) electrons. The zero-order chi connectivity index (χ0) is 12.4. The molecule has 0 bridgehead atoms. The monoisotopic (exact) mass is 260 g/mol. The van der Waals surface area contributed by atoms with E-state index in [1.165, 1.54) is 48.6 Å². The number of aliphatic hydroxyl groups is 1. The van der Waals surface area contributed by atoms with Crippen LogP contribution in [0.2, 0.25) is 0 Å². The SMILES string of the molecule is OC(c1cc2ccccc2s1)C1CCCCCC1. The average Bonchev–Trinajstić information content (AvgIpc) is 2.64. The van der Waals surface area contributed by atoms with Crippen LogP contribution in [0, 0.1) is 5.92 Å². The van der Waals surface area contributed by atoms with Crippen LogP contribution in [0.1, 0.15) is 49.5 Å². The van der Waals surface area contributed by atoms with E-state index in [0.29, 0.717) is 5.92 Å². The van der Waals surface area contributed by atoms with Crippen molar-refractivity contribution in [2.75, 3.05) is 0 Å². The van der Waals surface area contributed by atoms with E-state index in [0.717, 1.165) is 4.88 Å². The first-order valence-electron chi connectivity index (χ1n) is 7.01. The van der Waals surface area contributed by atoms with Crippen molar-refractivity contribution >= 4 is 21.4 Å². The number of fused-ring (bicyclic) bond motifs is 1. The molecule has 2 aromatic rings. The molecule has 2 heteroatoms.